The predicted molar refractivity (Wildman–Crippen MR) is 138 cm³/mol. The molecule has 9 heteroatoms. The van der Waals surface area contributed by atoms with E-state index >= 15 is 0 Å². The van der Waals surface area contributed by atoms with Gasteiger partial charge in [0.1, 0.15) is 17.6 Å². The number of rotatable bonds is 14. The molecule has 3 N–H and O–H groups in total. The zero-order valence-electron chi connectivity index (χ0n) is 20.6. The molecule has 3 rings (SSSR count). The minimum Gasteiger partial charge on any atom is -0.493 e. The summed E-state index contributed by atoms with van der Waals surface area (Å²) in [6.07, 6.45) is 5.13. The summed E-state index contributed by atoms with van der Waals surface area (Å²) in [5.41, 5.74) is 4.45. The van der Waals surface area contributed by atoms with Gasteiger partial charge in [-0.1, -0.05) is 12.1 Å². The molecule has 2 aromatic carbocycles. The lowest BCUT2D eigenvalue weighted by Crippen LogP contribution is -2.16. The Morgan fingerprint density at radius 1 is 1.08 bits per heavy atom. The van der Waals surface area contributed by atoms with E-state index in [1.54, 1.807) is 12.5 Å². The van der Waals surface area contributed by atoms with Gasteiger partial charge in [0.15, 0.2) is 0 Å². The first kappa shape index (κ1) is 27.5. The minimum atomic E-state index is -3.96. The van der Waals surface area contributed by atoms with Crippen LogP contribution in [0.5, 0.6) is 11.5 Å². The van der Waals surface area contributed by atoms with E-state index < -0.39 is 7.60 Å². The molecule has 0 amide bonds. The number of benzene rings is 2. The van der Waals surface area contributed by atoms with Crippen LogP contribution in [0.1, 0.15) is 43.4 Å². The molecule has 0 atom stereocenters. The number of ether oxygens (including phenoxy) is 2. The van der Waals surface area contributed by atoms with Crippen LogP contribution in [-0.2, 0) is 17.5 Å². The van der Waals surface area contributed by atoms with Crippen molar-refractivity contribution in [3.05, 3.63) is 71.7 Å². The molecule has 0 saturated heterocycles. The van der Waals surface area contributed by atoms with Crippen molar-refractivity contribution >= 4 is 7.60 Å². The lowest BCUT2D eigenvalue weighted by Gasteiger charge is -2.14. The van der Waals surface area contributed by atoms with E-state index in [9.17, 15) is 9.83 Å². The maximum absolute atomic E-state index is 11.0. The van der Waals surface area contributed by atoms with Gasteiger partial charge in [-0.25, -0.2) is 0 Å². The molecule has 192 valence electrons. The summed E-state index contributed by atoms with van der Waals surface area (Å²) in [7, 11) is -3.96. The van der Waals surface area contributed by atoms with E-state index in [2.05, 4.69) is 11.4 Å². The number of hydrogen-bond acceptors (Lipinski definition) is 6. The normalized spacial score (nSPS) is 11.4. The van der Waals surface area contributed by atoms with Crippen molar-refractivity contribution in [1.82, 2.24) is 5.32 Å². The molecule has 0 fully saturated rings. The van der Waals surface area contributed by atoms with E-state index in [4.69, 9.17) is 23.7 Å². The number of hydrogen-bond donors (Lipinski definition) is 3. The fourth-order valence-corrected chi connectivity index (χ4v) is 4.30. The molecule has 0 spiro atoms. The third-order valence-corrected chi connectivity index (χ3v) is 6.30. The van der Waals surface area contributed by atoms with Crippen molar-refractivity contribution < 1.29 is 28.2 Å². The van der Waals surface area contributed by atoms with Gasteiger partial charge >= 0.3 is 7.60 Å². The summed E-state index contributed by atoms with van der Waals surface area (Å²) in [6, 6.07) is 15.7. The molecule has 1 aromatic heterocycles. The zero-order chi connectivity index (χ0) is 26.0. The second-order valence-corrected chi connectivity index (χ2v) is 10.6. The molecule has 0 aliphatic rings. The summed E-state index contributed by atoms with van der Waals surface area (Å²) in [6.45, 7) is 5.47. The van der Waals surface area contributed by atoms with Crippen molar-refractivity contribution in [2.75, 3.05) is 19.3 Å². The lowest BCUT2D eigenvalue weighted by atomic mass is 10.0. The van der Waals surface area contributed by atoms with Crippen LogP contribution in [0.4, 0.5) is 0 Å². The van der Waals surface area contributed by atoms with Crippen LogP contribution in [-0.4, -0.2) is 35.2 Å². The predicted octanol–water partition coefficient (Wildman–Crippen LogP) is 5.27. The van der Waals surface area contributed by atoms with Crippen LogP contribution >= 0.6 is 7.60 Å². The average Bonchev–Trinajstić information content (AvgIpc) is 3.36. The van der Waals surface area contributed by atoms with Crippen molar-refractivity contribution in [3.8, 4) is 28.7 Å². The third kappa shape index (κ3) is 8.85. The highest BCUT2D eigenvalue weighted by Crippen LogP contribution is 2.34. The number of nitriles is 1. The molecular formula is C27H33N2O6P. The van der Waals surface area contributed by atoms with Crippen LogP contribution in [0.25, 0.3) is 11.1 Å². The van der Waals surface area contributed by atoms with Gasteiger partial charge in [-0.3, -0.25) is 4.57 Å². The van der Waals surface area contributed by atoms with Gasteiger partial charge in [-0.2, -0.15) is 5.26 Å². The Balaban J connectivity index is 1.57. The van der Waals surface area contributed by atoms with Crippen LogP contribution in [0.15, 0.2) is 59.4 Å². The Bertz CT molecular complexity index is 1200. The van der Waals surface area contributed by atoms with Crippen LogP contribution < -0.4 is 14.8 Å². The quantitative estimate of drug-likeness (QED) is 0.197. The van der Waals surface area contributed by atoms with E-state index in [0.29, 0.717) is 37.4 Å². The highest BCUT2D eigenvalue weighted by atomic mass is 31.2. The van der Waals surface area contributed by atoms with Crippen molar-refractivity contribution in [1.29, 1.82) is 5.26 Å². The number of nitrogens with one attached hydrogen (secondary N) is 1. The van der Waals surface area contributed by atoms with Crippen molar-refractivity contribution in [2.45, 2.75) is 45.8 Å². The molecule has 0 bridgehead atoms. The topological polar surface area (TPSA) is 125 Å². The largest absolute Gasteiger partial charge is 0.493 e. The zero-order valence-corrected chi connectivity index (χ0v) is 21.5. The van der Waals surface area contributed by atoms with E-state index in [0.717, 1.165) is 40.8 Å². The Kier molecular flexibility index (Phi) is 10.2. The minimum absolute atomic E-state index is 0.00998. The number of aryl methyl sites for hydroxylation is 1. The Labute approximate surface area is 212 Å². The molecule has 8 nitrogen and oxygen atoms in total. The molecule has 0 radical (unpaired) electrons. The number of nitrogens with zero attached hydrogens (tertiary/aromatic N) is 1. The molecular weight excluding hydrogens is 479 g/mol. The highest BCUT2D eigenvalue weighted by molar-refractivity contribution is 7.51. The van der Waals surface area contributed by atoms with E-state index in [1.807, 2.05) is 56.3 Å². The number of furan rings is 1. The molecule has 3 aromatic rings. The standard InChI is InChI=1S/C27H33N2O6P/c1-20(2)35-26-8-6-21(15-24(26)17-28)5-3-12-34-27-9-7-22(16-25(27)23-10-13-33-19-23)18-29-11-4-14-36(30,31)32/h6-10,13,15-16,19-20,29H,3-5,11-12,14,18H2,1-2H3,(H2,30,31,32). The first-order chi connectivity index (χ1) is 17.2. The Morgan fingerprint density at radius 3 is 2.56 bits per heavy atom. The first-order valence-electron chi connectivity index (χ1n) is 12.0. The highest BCUT2D eigenvalue weighted by Gasteiger charge is 2.12. The van der Waals surface area contributed by atoms with Gasteiger partial charge in [-0.05, 0) is 81.1 Å². The summed E-state index contributed by atoms with van der Waals surface area (Å²) >= 11 is 0. The van der Waals surface area contributed by atoms with Crippen LogP contribution in [0.3, 0.4) is 0 Å². The Morgan fingerprint density at radius 2 is 1.86 bits per heavy atom. The second-order valence-electron chi connectivity index (χ2n) is 8.82. The van der Waals surface area contributed by atoms with Crippen LogP contribution in [0.2, 0.25) is 0 Å². The van der Waals surface area contributed by atoms with Gasteiger partial charge in [0, 0.05) is 17.7 Å². The summed E-state index contributed by atoms with van der Waals surface area (Å²) in [5.74, 6) is 1.36. The van der Waals surface area contributed by atoms with Gasteiger partial charge < -0.3 is 29.0 Å². The Hall–Kier alpha value is -3.08. The summed E-state index contributed by atoms with van der Waals surface area (Å²) in [4.78, 5) is 17.9. The van der Waals surface area contributed by atoms with Crippen LogP contribution in [0, 0.1) is 11.3 Å². The maximum Gasteiger partial charge on any atom is 0.325 e. The molecule has 36 heavy (non-hydrogen) atoms. The smallest absolute Gasteiger partial charge is 0.325 e. The fraction of sp³-hybridized carbons (Fsp3) is 0.370. The van der Waals surface area contributed by atoms with Gasteiger partial charge in [0.2, 0.25) is 0 Å². The second kappa shape index (κ2) is 13.3. The van der Waals surface area contributed by atoms with Gasteiger partial charge in [-0.15, -0.1) is 0 Å². The monoisotopic (exact) mass is 512 g/mol. The SMILES string of the molecule is CC(C)Oc1ccc(CCCOc2ccc(CNCCCP(=O)(O)O)cc2-c2ccoc2)cc1C#N. The van der Waals surface area contributed by atoms with Crippen molar-refractivity contribution in [3.63, 3.8) is 0 Å². The first-order valence-corrected chi connectivity index (χ1v) is 13.8. The molecule has 0 saturated carbocycles. The summed E-state index contributed by atoms with van der Waals surface area (Å²) < 4.78 is 28.0. The third-order valence-electron chi connectivity index (χ3n) is 5.40. The fourth-order valence-electron chi connectivity index (χ4n) is 3.73. The van der Waals surface area contributed by atoms with E-state index in [-0.39, 0.29) is 12.3 Å². The average molecular weight is 513 g/mol. The molecule has 0 aliphatic heterocycles. The lowest BCUT2D eigenvalue weighted by molar-refractivity contribution is 0.241. The molecule has 0 aliphatic carbocycles. The summed E-state index contributed by atoms with van der Waals surface area (Å²) in [5, 5.41) is 12.7. The van der Waals surface area contributed by atoms with Crippen molar-refractivity contribution in [2.24, 2.45) is 0 Å². The van der Waals surface area contributed by atoms with Gasteiger partial charge in [0.25, 0.3) is 0 Å². The molecule has 0 unspecified atom stereocenters. The molecule has 1 heterocycles. The maximum atomic E-state index is 11.0. The van der Waals surface area contributed by atoms with E-state index in [1.165, 1.54) is 0 Å². The van der Waals surface area contributed by atoms with Gasteiger partial charge in [0.05, 0.1) is 37.0 Å².